The molecule has 3 heteroatoms. The molecule has 0 radical (unpaired) electrons. The molecule has 0 saturated carbocycles. The van der Waals surface area contributed by atoms with Gasteiger partial charge in [0, 0.05) is 5.56 Å². The number of aromatic nitrogens is 1. The van der Waals surface area contributed by atoms with E-state index in [1.165, 1.54) is 10.3 Å². The van der Waals surface area contributed by atoms with Crippen LogP contribution < -0.4 is 4.57 Å². The molecule has 0 saturated heterocycles. The Morgan fingerprint density at radius 1 is 1.06 bits per heavy atom. The molecule has 0 amide bonds. The highest BCUT2D eigenvalue weighted by molar-refractivity contribution is 7.16. The summed E-state index contributed by atoms with van der Waals surface area (Å²) >= 11 is 1.69. The minimum atomic E-state index is 0.317. The van der Waals surface area contributed by atoms with Gasteiger partial charge in [-0.15, -0.1) is 0 Å². The van der Waals surface area contributed by atoms with Crippen LogP contribution in [0.2, 0.25) is 0 Å². The van der Waals surface area contributed by atoms with E-state index < -0.39 is 0 Å². The van der Waals surface area contributed by atoms with E-state index in [1.807, 2.05) is 30.3 Å². The molecule has 2 nitrogen and oxygen atoms in total. The molecule has 2 aromatic carbocycles. The Bertz CT molecular complexity index is 646. The summed E-state index contributed by atoms with van der Waals surface area (Å²) < 4.78 is 3.36. The topological polar surface area (TPSA) is 24.1 Å². The highest BCUT2D eigenvalue weighted by atomic mass is 32.1. The van der Waals surface area contributed by atoms with Crippen molar-refractivity contribution in [2.75, 3.05) is 0 Å². The molecule has 3 aromatic rings. The van der Waals surface area contributed by atoms with Crippen molar-refractivity contribution in [1.82, 2.24) is 0 Å². The molecule has 0 aliphatic heterocycles. The molecule has 1 N–H and O–H groups in total. The Hall–Kier alpha value is -1.87. The predicted molar refractivity (Wildman–Crippen MR) is 69.2 cm³/mol. The van der Waals surface area contributed by atoms with Crippen LogP contribution in [0.4, 0.5) is 0 Å². The van der Waals surface area contributed by atoms with Crippen molar-refractivity contribution in [2.45, 2.75) is 6.54 Å². The van der Waals surface area contributed by atoms with Gasteiger partial charge in [0.25, 0.3) is 0 Å². The van der Waals surface area contributed by atoms with Gasteiger partial charge in [-0.2, -0.15) is 4.57 Å². The summed E-state index contributed by atoms with van der Waals surface area (Å²) in [6.07, 6.45) is 0. The molecule has 0 aliphatic rings. The van der Waals surface area contributed by atoms with E-state index in [1.54, 1.807) is 17.4 Å². The first-order valence-electron chi connectivity index (χ1n) is 5.46. The first-order chi connectivity index (χ1) is 8.33. The number of nitrogens with zero attached hydrogens (tertiary/aromatic N) is 1. The van der Waals surface area contributed by atoms with Gasteiger partial charge in [-0.1, -0.05) is 41.7 Å². The van der Waals surface area contributed by atoms with Gasteiger partial charge in [0.1, 0.15) is 10.4 Å². The molecule has 0 spiro atoms. The van der Waals surface area contributed by atoms with E-state index in [-0.39, 0.29) is 0 Å². The lowest BCUT2D eigenvalue weighted by molar-refractivity contribution is -0.658. The lowest BCUT2D eigenvalue weighted by atomic mass is 10.2. The van der Waals surface area contributed by atoms with Crippen molar-refractivity contribution in [3.05, 3.63) is 59.6 Å². The SMILES string of the molecule is Oc1ccc2sc[n+](Cc3ccccc3)c2c1. The van der Waals surface area contributed by atoms with Crippen molar-refractivity contribution in [2.24, 2.45) is 0 Å². The van der Waals surface area contributed by atoms with Crippen LogP contribution in [0.25, 0.3) is 10.2 Å². The standard InChI is InChI=1S/C14H11NOS/c16-12-6-7-14-13(8-12)15(10-17-14)9-11-4-2-1-3-5-11/h1-8,10H,9H2/p+1. The maximum atomic E-state index is 9.53. The number of thiazole rings is 1. The first kappa shape index (κ1) is 10.3. The van der Waals surface area contributed by atoms with Crippen LogP contribution >= 0.6 is 11.3 Å². The molecule has 0 atom stereocenters. The van der Waals surface area contributed by atoms with Crippen LogP contribution in [0.1, 0.15) is 5.56 Å². The summed E-state index contributed by atoms with van der Waals surface area (Å²) in [5, 5.41) is 9.53. The highest BCUT2D eigenvalue weighted by Crippen LogP contribution is 2.21. The molecule has 0 unspecified atom stereocenters. The van der Waals surface area contributed by atoms with Gasteiger partial charge in [0.05, 0.1) is 6.07 Å². The fourth-order valence-corrected chi connectivity index (χ4v) is 2.78. The van der Waals surface area contributed by atoms with Gasteiger partial charge in [0.2, 0.25) is 11.0 Å². The van der Waals surface area contributed by atoms with Gasteiger partial charge in [-0.25, -0.2) is 0 Å². The molecular formula is C14H12NOS+. The zero-order valence-corrected chi connectivity index (χ0v) is 10.0. The van der Waals surface area contributed by atoms with Crippen LogP contribution in [-0.2, 0) is 6.54 Å². The number of hydrogen-bond donors (Lipinski definition) is 1. The smallest absolute Gasteiger partial charge is 0.227 e. The number of aromatic hydroxyl groups is 1. The van der Waals surface area contributed by atoms with E-state index in [2.05, 4.69) is 22.2 Å². The van der Waals surface area contributed by atoms with Crippen LogP contribution in [0.15, 0.2) is 54.0 Å². The molecule has 1 aromatic heterocycles. The molecule has 0 aliphatic carbocycles. The lowest BCUT2D eigenvalue weighted by Crippen LogP contribution is -2.31. The highest BCUT2D eigenvalue weighted by Gasteiger charge is 2.12. The Kier molecular flexibility index (Phi) is 2.53. The molecule has 3 rings (SSSR count). The molecule has 1 heterocycles. The van der Waals surface area contributed by atoms with E-state index >= 15 is 0 Å². The minimum Gasteiger partial charge on any atom is -0.508 e. The molecule has 17 heavy (non-hydrogen) atoms. The Labute approximate surface area is 103 Å². The average molecular weight is 242 g/mol. The first-order valence-corrected chi connectivity index (χ1v) is 6.34. The second-order valence-electron chi connectivity index (χ2n) is 3.99. The maximum Gasteiger partial charge on any atom is 0.227 e. The predicted octanol–water partition coefficient (Wildman–Crippen LogP) is 2.94. The summed E-state index contributed by atoms with van der Waals surface area (Å²) in [6.45, 7) is 0.838. The minimum absolute atomic E-state index is 0.317. The number of rotatable bonds is 2. The third-order valence-electron chi connectivity index (χ3n) is 2.75. The van der Waals surface area contributed by atoms with Gasteiger partial charge in [0.15, 0.2) is 6.54 Å². The Balaban J connectivity index is 2.03. The summed E-state index contributed by atoms with van der Waals surface area (Å²) in [7, 11) is 0. The van der Waals surface area contributed by atoms with E-state index in [9.17, 15) is 5.11 Å². The Morgan fingerprint density at radius 2 is 1.88 bits per heavy atom. The summed E-state index contributed by atoms with van der Waals surface area (Å²) in [5.74, 6) is 0.317. The van der Waals surface area contributed by atoms with Crippen molar-refractivity contribution in [3.63, 3.8) is 0 Å². The zero-order chi connectivity index (χ0) is 11.7. The average Bonchev–Trinajstić information content (AvgIpc) is 2.73. The fraction of sp³-hybridized carbons (Fsp3) is 0.0714. The third-order valence-corrected chi connectivity index (χ3v) is 3.71. The maximum absolute atomic E-state index is 9.53. The Morgan fingerprint density at radius 3 is 2.71 bits per heavy atom. The van der Waals surface area contributed by atoms with E-state index in [0.29, 0.717) is 5.75 Å². The largest absolute Gasteiger partial charge is 0.508 e. The van der Waals surface area contributed by atoms with E-state index in [0.717, 1.165) is 12.1 Å². The van der Waals surface area contributed by atoms with Crippen molar-refractivity contribution in [3.8, 4) is 5.75 Å². The van der Waals surface area contributed by atoms with Crippen LogP contribution in [-0.4, -0.2) is 5.11 Å². The summed E-state index contributed by atoms with van der Waals surface area (Å²) in [6, 6.07) is 15.8. The number of phenols is 1. The molecule has 0 bridgehead atoms. The number of hydrogen-bond acceptors (Lipinski definition) is 2. The molecule has 0 fully saturated rings. The fourth-order valence-electron chi connectivity index (χ4n) is 1.91. The number of phenolic OH excluding ortho intramolecular Hbond substituents is 1. The van der Waals surface area contributed by atoms with Crippen molar-refractivity contribution < 1.29 is 9.67 Å². The zero-order valence-electron chi connectivity index (χ0n) is 9.21. The van der Waals surface area contributed by atoms with Crippen LogP contribution in [0, 0.1) is 0 Å². The molecule has 84 valence electrons. The van der Waals surface area contributed by atoms with Gasteiger partial charge in [-0.05, 0) is 12.1 Å². The van der Waals surface area contributed by atoms with Gasteiger partial charge in [-0.3, -0.25) is 0 Å². The summed E-state index contributed by atoms with van der Waals surface area (Å²) in [5.41, 5.74) is 4.44. The number of fused-ring (bicyclic) bond motifs is 1. The van der Waals surface area contributed by atoms with Crippen molar-refractivity contribution >= 4 is 21.6 Å². The lowest BCUT2D eigenvalue weighted by Gasteiger charge is -1.96. The normalized spacial score (nSPS) is 10.8. The van der Waals surface area contributed by atoms with Crippen molar-refractivity contribution in [1.29, 1.82) is 0 Å². The van der Waals surface area contributed by atoms with Gasteiger partial charge < -0.3 is 5.11 Å². The van der Waals surface area contributed by atoms with Crippen LogP contribution in [0.3, 0.4) is 0 Å². The molecular weight excluding hydrogens is 230 g/mol. The third kappa shape index (κ3) is 2.01. The number of benzene rings is 2. The van der Waals surface area contributed by atoms with E-state index in [4.69, 9.17) is 0 Å². The van der Waals surface area contributed by atoms with Gasteiger partial charge >= 0.3 is 0 Å². The second-order valence-corrected chi connectivity index (χ2v) is 4.88. The second kappa shape index (κ2) is 4.18. The quantitative estimate of drug-likeness (QED) is 0.686. The summed E-state index contributed by atoms with van der Waals surface area (Å²) in [4.78, 5) is 0. The monoisotopic (exact) mass is 242 g/mol. The van der Waals surface area contributed by atoms with Crippen LogP contribution in [0.5, 0.6) is 5.75 Å².